The number of hydrogen-bond donors (Lipinski definition) is 0. The molecule has 20 heavy (non-hydrogen) atoms. The standard InChI is InChI=1S/C13H19BrClNO2S2/c1-9(2)10-4-3-6-16(7-5-10)20(17,18)12-8-11(15)13(14)19-12/h8-10H,3-7H2,1-2H3. The van der Waals surface area contributed by atoms with Gasteiger partial charge < -0.3 is 0 Å². The molecule has 1 unspecified atom stereocenters. The summed E-state index contributed by atoms with van der Waals surface area (Å²) in [5.74, 6) is 1.23. The zero-order valence-corrected chi connectivity index (χ0v) is 15.6. The molecule has 114 valence electrons. The van der Waals surface area contributed by atoms with Crippen LogP contribution in [-0.2, 0) is 10.0 Å². The highest BCUT2D eigenvalue weighted by molar-refractivity contribution is 9.11. The molecule has 0 radical (unpaired) electrons. The number of halogens is 2. The van der Waals surface area contributed by atoms with Gasteiger partial charge in [-0.25, -0.2) is 8.42 Å². The number of thiophene rings is 1. The van der Waals surface area contributed by atoms with Crippen molar-refractivity contribution in [1.82, 2.24) is 4.31 Å². The third-order valence-corrected chi connectivity index (χ3v) is 8.71. The Hall–Kier alpha value is 0.380. The van der Waals surface area contributed by atoms with Gasteiger partial charge in [0.1, 0.15) is 4.21 Å². The predicted molar refractivity (Wildman–Crippen MR) is 88.0 cm³/mol. The van der Waals surface area contributed by atoms with E-state index in [1.54, 1.807) is 4.31 Å². The number of hydrogen-bond acceptors (Lipinski definition) is 3. The average molecular weight is 401 g/mol. The molecule has 0 N–H and O–H groups in total. The maximum Gasteiger partial charge on any atom is 0.252 e. The Kier molecular flexibility index (Phi) is 5.57. The van der Waals surface area contributed by atoms with Gasteiger partial charge in [-0.2, -0.15) is 4.31 Å². The molecule has 1 fully saturated rings. The summed E-state index contributed by atoms with van der Waals surface area (Å²) in [5.41, 5.74) is 0. The van der Waals surface area contributed by atoms with Crippen LogP contribution in [0.25, 0.3) is 0 Å². The van der Waals surface area contributed by atoms with Crippen molar-refractivity contribution in [3.8, 4) is 0 Å². The lowest BCUT2D eigenvalue weighted by atomic mass is 9.89. The van der Waals surface area contributed by atoms with Crippen LogP contribution in [0.2, 0.25) is 5.02 Å². The van der Waals surface area contributed by atoms with Gasteiger partial charge in [0.25, 0.3) is 10.0 Å². The fourth-order valence-corrected chi connectivity index (χ4v) is 6.63. The van der Waals surface area contributed by atoms with Gasteiger partial charge in [0, 0.05) is 13.1 Å². The number of rotatable bonds is 3. The first-order valence-corrected chi connectivity index (χ1v) is 10.2. The van der Waals surface area contributed by atoms with Crippen LogP contribution >= 0.6 is 38.9 Å². The Morgan fingerprint density at radius 3 is 2.65 bits per heavy atom. The molecule has 7 heteroatoms. The van der Waals surface area contributed by atoms with Crippen molar-refractivity contribution in [2.45, 2.75) is 37.3 Å². The summed E-state index contributed by atoms with van der Waals surface area (Å²) in [7, 11) is -3.40. The zero-order chi connectivity index (χ0) is 14.9. The van der Waals surface area contributed by atoms with E-state index in [2.05, 4.69) is 29.8 Å². The van der Waals surface area contributed by atoms with Gasteiger partial charge in [0.05, 0.1) is 8.81 Å². The maximum absolute atomic E-state index is 12.6. The molecule has 3 nitrogen and oxygen atoms in total. The second kappa shape index (κ2) is 6.65. The van der Waals surface area contributed by atoms with Gasteiger partial charge >= 0.3 is 0 Å². The summed E-state index contributed by atoms with van der Waals surface area (Å²) in [6.45, 7) is 5.65. The van der Waals surface area contributed by atoms with Crippen molar-refractivity contribution in [2.24, 2.45) is 11.8 Å². The summed E-state index contributed by atoms with van der Waals surface area (Å²) in [6, 6.07) is 1.54. The SMILES string of the molecule is CC(C)C1CCCN(S(=O)(=O)c2cc(Cl)c(Br)s2)CC1. The highest BCUT2D eigenvalue weighted by Crippen LogP contribution is 2.37. The quantitative estimate of drug-likeness (QED) is 0.743. The molecule has 0 spiro atoms. The molecule has 2 heterocycles. The molecular formula is C13H19BrClNO2S2. The van der Waals surface area contributed by atoms with Gasteiger partial charge in [-0.3, -0.25) is 0 Å². The van der Waals surface area contributed by atoms with Crippen LogP contribution in [0.5, 0.6) is 0 Å². The minimum atomic E-state index is -3.40. The Labute approximate surface area is 138 Å². The summed E-state index contributed by atoms with van der Waals surface area (Å²) in [4.78, 5) is 0. The first-order valence-electron chi connectivity index (χ1n) is 6.77. The van der Waals surface area contributed by atoms with Gasteiger partial charge in [0.2, 0.25) is 0 Å². The molecule has 1 aliphatic rings. The lowest BCUT2D eigenvalue weighted by Crippen LogP contribution is -2.31. The minimum Gasteiger partial charge on any atom is -0.206 e. The van der Waals surface area contributed by atoms with Gasteiger partial charge in [-0.05, 0) is 53.1 Å². The Morgan fingerprint density at radius 2 is 2.10 bits per heavy atom. The van der Waals surface area contributed by atoms with Crippen LogP contribution in [0.15, 0.2) is 14.1 Å². The van der Waals surface area contributed by atoms with Crippen LogP contribution < -0.4 is 0 Å². The van der Waals surface area contributed by atoms with Crippen LogP contribution in [0.1, 0.15) is 33.1 Å². The number of sulfonamides is 1. The molecule has 0 saturated carbocycles. The monoisotopic (exact) mass is 399 g/mol. The summed E-state index contributed by atoms with van der Waals surface area (Å²) >= 11 is 10.4. The molecule has 1 aliphatic heterocycles. The molecular weight excluding hydrogens is 382 g/mol. The largest absolute Gasteiger partial charge is 0.252 e. The average Bonchev–Trinajstić information content (AvgIpc) is 2.61. The second-order valence-electron chi connectivity index (χ2n) is 5.53. The predicted octanol–water partition coefficient (Wildman–Crippen LogP) is 4.61. The fraction of sp³-hybridized carbons (Fsp3) is 0.692. The molecule has 1 aromatic heterocycles. The lowest BCUT2D eigenvalue weighted by Gasteiger charge is -2.20. The van der Waals surface area contributed by atoms with E-state index >= 15 is 0 Å². The van der Waals surface area contributed by atoms with Crippen LogP contribution in [-0.4, -0.2) is 25.8 Å². The van der Waals surface area contributed by atoms with Gasteiger partial charge in [0.15, 0.2) is 0 Å². The van der Waals surface area contributed by atoms with E-state index in [9.17, 15) is 8.42 Å². The van der Waals surface area contributed by atoms with E-state index in [-0.39, 0.29) is 0 Å². The Morgan fingerprint density at radius 1 is 1.40 bits per heavy atom. The van der Waals surface area contributed by atoms with Gasteiger partial charge in [-0.15, -0.1) is 11.3 Å². The summed E-state index contributed by atoms with van der Waals surface area (Å²) in [5, 5.41) is 0.462. The van der Waals surface area contributed by atoms with Gasteiger partial charge in [-0.1, -0.05) is 25.4 Å². The highest BCUT2D eigenvalue weighted by Gasteiger charge is 2.30. The summed E-state index contributed by atoms with van der Waals surface area (Å²) < 4.78 is 27.9. The topological polar surface area (TPSA) is 37.4 Å². The van der Waals surface area contributed by atoms with E-state index in [1.807, 2.05) is 0 Å². The van der Waals surface area contributed by atoms with Crippen molar-refractivity contribution >= 4 is 48.9 Å². The van der Waals surface area contributed by atoms with E-state index in [0.717, 1.165) is 19.3 Å². The Bertz CT molecular complexity index is 551. The maximum atomic E-state index is 12.6. The first-order chi connectivity index (χ1) is 9.32. The molecule has 1 atom stereocenters. The van der Waals surface area contributed by atoms with Crippen molar-refractivity contribution < 1.29 is 8.42 Å². The third-order valence-electron chi connectivity index (χ3n) is 3.89. The minimum absolute atomic E-state index is 0.331. The van der Waals surface area contributed by atoms with E-state index in [1.165, 1.54) is 17.4 Å². The molecule has 0 amide bonds. The molecule has 2 rings (SSSR count). The Balaban J connectivity index is 2.18. The molecule has 0 aliphatic carbocycles. The van der Waals surface area contributed by atoms with Crippen LogP contribution in [0, 0.1) is 11.8 Å². The van der Waals surface area contributed by atoms with E-state index < -0.39 is 10.0 Å². The van der Waals surface area contributed by atoms with E-state index in [0.29, 0.717) is 37.9 Å². The van der Waals surface area contributed by atoms with Crippen molar-refractivity contribution in [2.75, 3.05) is 13.1 Å². The molecule has 1 saturated heterocycles. The number of nitrogens with zero attached hydrogens (tertiary/aromatic N) is 1. The van der Waals surface area contributed by atoms with Crippen LogP contribution in [0.3, 0.4) is 0 Å². The molecule has 0 bridgehead atoms. The van der Waals surface area contributed by atoms with Crippen molar-refractivity contribution in [1.29, 1.82) is 0 Å². The normalized spacial score (nSPS) is 22.1. The third kappa shape index (κ3) is 3.58. The molecule has 0 aromatic carbocycles. The summed E-state index contributed by atoms with van der Waals surface area (Å²) in [6.07, 6.45) is 2.98. The van der Waals surface area contributed by atoms with Crippen LogP contribution in [0.4, 0.5) is 0 Å². The van der Waals surface area contributed by atoms with Crippen molar-refractivity contribution in [3.63, 3.8) is 0 Å². The highest BCUT2D eigenvalue weighted by atomic mass is 79.9. The lowest BCUT2D eigenvalue weighted by molar-refractivity contribution is 0.341. The smallest absolute Gasteiger partial charge is 0.206 e. The van der Waals surface area contributed by atoms with Crippen molar-refractivity contribution in [3.05, 3.63) is 14.9 Å². The van der Waals surface area contributed by atoms with E-state index in [4.69, 9.17) is 11.6 Å². The zero-order valence-electron chi connectivity index (χ0n) is 11.6. The molecule has 1 aromatic rings. The second-order valence-corrected chi connectivity index (χ2v) is 10.5. The fourth-order valence-electron chi connectivity index (χ4n) is 2.58. The first kappa shape index (κ1) is 16.7.